The molecule has 0 saturated heterocycles. The van der Waals surface area contributed by atoms with E-state index in [0.29, 0.717) is 12.1 Å². The Morgan fingerprint density at radius 2 is 2.12 bits per heavy atom. The Labute approximate surface area is 139 Å². The van der Waals surface area contributed by atoms with Crippen LogP contribution < -0.4 is 5.73 Å². The van der Waals surface area contributed by atoms with E-state index in [9.17, 15) is 9.18 Å². The Balaban J connectivity index is 1.87. The number of aryl methyl sites for hydroxylation is 1. The minimum Gasteiger partial charge on any atom is -0.368 e. The van der Waals surface area contributed by atoms with Gasteiger partial charge in [-0.1, -0.05) is 18.2 Å². The molecule has 24 heavy (non-hydrogen) atoms. The van der Waals surface area contributed by atoms with Gasteiger partial charge < -0.3 is 10.1 Å². The summed E-state index contributed by atoms with van der Waals surface area (Å²) in [5.41, 5.74) is 8.85. The van der Waals surface area contributed by atoms with Gasteiger partial charge in [-0.2, -0.15) is 0 Å². The van der Waals surface area contributed by atoms with Crippen molar-refractivity contribution in [2.24, 2.45) is 5.73 Å². The van der Waals surface area contributed by atoms with E-state index in [1.807, 2.05) is 35.9 Å². The number of pyridine rings is 1. The second-order valence-corrected chi connectivity index (χ2v) is 5.98. The Hall–Kier alpha value is -2.73. The molecule has 2 aromatic heterocycles. The van der Waals surface area contributed by atoms with Crippen LogP contribution in [0.1, 0.15) is 22.9 Å². The zero-order chi connectivity index (χ0) is 17.3. The fraction of sp³-hybridized carbons (Fsp3) is 0.222. The van der Waals surface area contributed by atoms with E-state index in [2.05, 4.69) is 4.98 Å². The number of carbonyl (C=O) groups excluding carboxylic acids is 1. The molecule has 0 aliphatic rings. The molecular formula is C18H19FN4O. The molecule has 5 nitrogen and oxygen atoms in total. The van der Waals surface area contributed by atoms with Crippen molar-refractivity contribution in [2.75, 3.05) is 7.05 Å². The Morgan fingerprint density at radius 3 is 2.83 bits per heavy atom. The number of aromatic nitrogens is 2. The summed E-state index contributed by atoms with van der Waals surface area (Å²) >= 11 is 0. The number of nitrogens with zero attached hydrogens (tertiary/aromatic N) is 3. The summed E-state index contributed by atoms with van der Waals surface area (Å²) in [6.07, 6.45) is 3.91. The van der Waals surface area contributed by atoms with E-state index < -0.39 is 17.8 Å². The molecule has 124 valence electrons. The van der Waals surface area contributed by atoms with Crippen molar-refractivity contribution in [1.29, 1.82) is 0 Å². The number of hydrogen-bond acceptors (Lipinski definition) is 3. The van der Waals surface area contributed by atoms with Gasteiger partial charge in [-0.15, -0.1) is 0 Å². The molecule has 0 radical (unpaired) electrons. The van der Waals surface area contributed by atoms with Gasteiger partial charge in [0.1, 0.15) is 17.5 Å². The molecule has 1 amide bonds. The fourth-order valence-electron chi connectivity index (χ4n) is 2.89. The molecule has 6 heteroatoms. The SMILES string of the molecule is Cc1ccc2nc(CN(C)[C@H](C(N)=O)c3cccc(F)c3)cn2c1. The third-order valence-corrected chi connectivity index (χ3v) is 3.93. The number of imidazole rings is 1. The van der Waals surface area contributed by atoms with Crippen LogP contribution in [0.2, 0.25) is 0 Å². The lowest BCUT2D eigenvalue weighted by Gasteiger charge is -2.25. The molecule has 0 fully saturated rings. The third kappa shape index (κ3) is 3.28. The monoisotopic (exact) mass is 326 g/mol. The van der Waals surface area contributed by atoms with Crippen LogP contribution in [0.25, 0.3) is 5.65 Å². The van der Waals surface area contributed by atoms with Crippen molar-refractivity contribution < 1.29 is 9.18 Å². The van der Waals surface area contributed by atoms with Crippen LogP contribution >= 0.6 is 0 Å². The maximum atomic E-state index is 13.5. The maximum absolute atomic E-state index is 13.5. The average molecular weight is 326 g/mol. The highest BCUT2D eigenvalue weighted by molar-refractivity contribution is 5.81. The van der Waals surface area contributed by atoms with E-state index in [-0.39, 0.29) is 0 Å². The first-order valence-electron chi connectivity index (χ1n) is 7.63. The van der Waals surface area contributed by atoms with Gasteiger partial charge in [0, 0.05) is 18.9 Å². The fourth-order valence-corrected chi connectivity index (χ4v) is 2.89. The predicted octanol–water partition coefficient (Wildman–Crippen LogP) is 2.44. The summed E-state index contributed by atoms with van der Waals surface area (Å²) in [5.74, 6) is -0.918. The van der Waals surface area contributed by atoms with Gasteiger partial charge in [0.05, 0.1) is 5.69 Å². The minimum absolute atomic E-state index is 0.393. The number of hydrogen-bond donors (Lipinski definition) is 1. The highest BCUT2D eigenvalue weighted by atomic mass is 19.1. The number of likely N-dealkylation sites (N-methyl/N-ethyl adjacent to an activating group) is 1. The Bertz CT molecular complexity index is 890. The normalized spacial score (nSPS) is 12.7. The van der Waals surface area contributed by atoms with Gasteiger partial charge in [0.15, 0.2) is 0 Å². The van der Waals surface area contributed by atoms with Crippen LogP contribution in [-0.4, -0.2) is 27.2 Å². The molecule has 0 unspecified atom stereocenters. The summed E-state index contributed by atoms with van der Waals surface area (Å²) in [6.45, 7) is 2.43. The minimum atomic E-state index is -0.716. The maximum Gasteiger partial charge on any atom is 0.239 e. The lowest BCUT2D eigenvalue weighted by Crippen LogP contribution is -2.35. The van der Waals surface area contributed by atoms with Crippen LogP contribution in [0.15, 0.2) is 48.8 Å². The summed E-state index contributed by atoms with van der Waals surface area (Å²) in [4.78, 5) is 18.2. The molecule has 3 rings (SSSR count). The van der Waals surface area contributed by atoms with E-state index in [1.54, 1.807) is 24.1 Å². The second-order valence-electron chi connectivity index (χ2n) is 5.98. The summed E-state index contributed by atoms with van der Waals surface area (Å²) in [5, 5.41) is 0. The summed E-state index contributed by atoms with van der Waals surface area (Å²) in [7, 11) is 1.77. The van der Waals surface area contributed by atoms with Crippen molar-refractivity contribution in [1.82, 2.24) is 14.3 Å². The van der Waals surface area contributed by atoms with Gasteiger partial charge in [-0.3, -0.25) is 9.69 Å². The highest BCUT2D eigenvalue weighted by Crippen LogP contribution is 2.22. The van der Waals surface area contributed by atoms with Gasteiger partial charge in [0.2, 0.25) is 5.91 Å². The molecule has 0 bridgehead atoms. The molecule has 2 N–H and O–H groups in total. The Kier molecular flexibility index (Phi) is 4.31. The van der Waals surface area contributed by atoms with Crippen molar-refractivity contribution in [3.05, 3.63) is 71.4 Å². The van der Waals surface area contributed by atoms with E-state index in [0.717, 1.165) is 16.9 Å². The lowest BCUT2D eigenvalue weighted by molar-refractivity contribution is -0.123. The quantitative estimate of drug-likeness (QED) is 0.783. The van der Waals surface area contributed by atoms with Crippen molar-refractivity contribution in [3.8, 4) is 0 Å². The number of primary amides is 1. The summed E-state index contributed by atoms with van der Waals surface area (Å²) in [6, 6.07) is 9.16. The van der Waals surface area contributed by atoms with Crippen molar-refractivity contribution in [2.45, 2.75) is 19.5 Å². The third-order valence-electron chi connectivity index (χ3n) is 3.93. The number of nitrogens with two attached hydrogens (primary N) is 1. The van der Waals surface area contributed by atoms with Gasteiger partial charge in [0.25, 0.3) is 0 Å². The standard InChI is InChI=1S/C18H19FN4O/c1-12-6-7-16-21-15(11-23(16)9-12)10-22(2)17(18(20)24)13-4-3-5-14(19)8-13/h3-9,11,17H,10H2,1-2H3,(H2,20,24)/t17-/m0/s1. The molecule has 3 aromatic rings. The molecule has 1 aromatic carbocycles. The first kappa shape index (κ1) is 16.1. The number of rotatable bonds is 5. The number of halogens is 1. The largest absolute Gasteiger partial charge is 0.368 e. The average Bonchev–Trinajstić information content (AvgIpc) is 2.88. The first-order chi connectivity index (χ1) is 11.4. The van der Waals surface area contributed by atoms with Crippen LogP contribution in [0.4, 0.5) is 4.39 Å². The number of fused-ring (bicyclic) bond motifs is 1. The lowest BCUT2D eigenvalue weighted by atomic mass is 10.0. The van der Waals surface area contributed by atoms with Crippen LogP contribution in [0.5, 0.6) is 0 Å². The number of carbonyl (C=O) groups is 1. The first-order valence-corrected chi connectivity index (χ1v) is 7.63. The molecule has 0 spiro atoms. The second kappa shape index (κ2) is 6.41. The van der Waals surface area contributed by atoms with E-state index in [4.69, 9.17) is 5.73 Å². The van der Waals surface area contributed by atoms with Crippen LogP contribution in [0.3, 0.4) is 0 Å². The van der Waals surface area contributed by atoms with E-state index >= 15 is 0 Å². The predicted molar refractivity (Wildman–Crippen MR) is 89.7 cm³/mol. The van der Waals surface area contributed by atoms with Gasteiger partial charge in [-0.05, 0) is 43.3 Å². The molecule has 1 atom stereocenters. The smallest absolute Gasteiger partial charge is 0.239 e. The zero-order valence-corrected chi connectivity index (χ0v) is 13.6. The number of benzene rings is 1. The van der Waals surface area contributed by atoms with Crippen LogP contribution in [-0.2, 0) is 11.3 Å². The zero-order valence-electron chi connectivity index (χ0n) is 13.6. The van der Waals surface area contributed by atoms with Crippen molar-refractivity contribution >= 4 is 11.6 Å². The molecule has 0 aliphatic heterocycles. The van der Waals surface area contributed by atoms with Crippen LogP contribution in [0, 0.1) is 12.7 Å². The van der Waals surface area contributed by atoms with Gasteiger partial charge in [-0.25, -0.2) is 9.37 Å². The van der Waals surface area contributed by atoms with Crippen molar-refractivity contribution in [3.63, 3.8) is 0 Å². The molecular weight excluding hydrogens is 307 g/mol. The summed E-state index contributed by atoms with van der Waals surface area (Å²) < 4.78 is 15.4. The molecule has 0 aliphatic carbocycles. The highest BCUT2D eigenvalue weighted by Gasteiger charge is 2.24. The number of amides is 1. The topological polar surface area (TPSA) is 63.6 Å². The molecule has 0 saturated carbocycles. The Morgan fingerprint density at radius 1 is 1.33 bits per heavy atom. The van der Waals surface area contributed by atoms with Gasteiger partial charge >= 0.3 is 0 Å². The molecule has 2 heterocycles. The van der Waals surface area contributed by atoms with E-state index in [1.165, 1.54) is 12.1 Å².